The van der Waals surface area contributed by atoms with Gasteiger partial charge in [0.05, 0.1) is 0 Å². The Morgan fingerprint density at radius 2 is 1.86 bits per heavy atom. The molecule has 2 fully saturated rings. The largest absolute Gasteiger partial charge is 0.439 e. The Hall–Kier alpha value is -3.29. The maximum atomic E-state index is 11.2. The van der Waals surface area contributed by atoms with Gasteiger partial charge in [-0.3, -0.25) is 0 Å². The normalized spacial score (nSPS) is 26.5. The van der Waals surface area contributed by atoms with Crippen molar-refractivity contribution in [2.75, 3.05) is 18.0 Å². The van der Waals surface area contributed by atoms with Crippen LogP contribution in [0.3, 0.4) is 0 Å². The van der Waals surface area contributed by atoms with Gasteiger partial charge in [-0.05, 0) is 99.1 Å². The van der Waals surface area contributed by atoms with E-state index < -0.39 is 5.60 Å². The average Bonchev–Trinajstić information content (AvgIpc) is 3.45. The van der Waals surface area contributed by atoms with Gasteiger partial charge in [-0.1, -0.05) is 48.4 Å². The van der Waals surface area contributed by atoms with E-state index >= 15 is 0 Å². The summed E-state index contributed by atoms with van der Waals surface area (Å²) in [6, 6.07) is 23.5. The summed E-state index contributed by atoms with van der Waals surface area (Å²) in [5, 5.41) is 11.2. The van der Waals surface area contributed by atoms with Crippen LogP contribution in [0.1, 0.15) is 62.1 Å². The number of benzene rings is 2. The van der Waals surface area contributed by atoms with Gasteiger partial charge in [-0.15, -0.1) is 5.92 Å². The molecule has 1 N–H and O–H groups in total. The van der Waals surface area contributed by atoms with Gasteiger partial charge in [0.1, 0.15) is 17.2 Å². The maximum absolute atomic E-state index is 11.2. The molecular weight excluding hydrogens is 456 g/mol. The molecule has 3 atom stereocenters. The van der Waals surface area contributed by atoms with Crippen molar-refractivity contribution >= 4 is 5.82 Å². The highest BCUT2D eigenvalue weighted by molar-refractivity contribution is 5.47. The molecule has 1 saturated carbocycles. The average molecular weight is 493 g/mol. The van der Waals surface area contributed by atoms with Crippen LogP contribution in [-0.4, -0.2) is 28.8 Å². The minimum atomic E-state index is -0.869. The van der Waals surface area contributed by atoms with Gasteiger partial charge >= 0.3 is 0 Å². The van der Waals surface area contributed by atoms with Crippen molar-refractivity contribution in [1.82, 2.24) is 4.98 Å². The van der Waals surface area contributed by atoms with Crippen LogP contribution < -0.4 is 9.64 Å². The Morgan fingerprint density at radius 3 is 2.68 bits per heavy atom. The molecule has 2 heterocycles. The third-order valence-electron chi connectivity index (χ3n) is 8.81. The van der Waals surface area contributed by atoms with Gasteiger partial charge < -0.3 is 14.7 Å². The van der Waals surface area contributed by atoms with Crippen LogP contribution in [0.4, 0.5) is 5.82 Å². The van der Waals surface area contributed by atoms with Crippen LogP contribution in [0.5, 0.6) is 11.6 Å². The molecule has 2 aliphatic carbocycles. The maximum Gasteiger partial charge on any atom is 0.221 e. The monoisotopic (exact) mass is 492 g/mol. The lowest BCUT2D eigenvalue weighted by Gasteiger charge is -2.52. The molecule has 2 aromatic carbocycles. The number of anilines is 1. The lowest BCUT2D eigenvalue weighted by atomic mass is 9.52. The van der Waals surface area contributed by atoms with Gasteiger partial charge in [0.2, 0.25) is 5.88 Å². The Balaban J connectivity index is 1.31. The molecule has 0 radical (unpaired) electrons. The second-order valence-electron chi connectivity index (χ2n) is 11.1. The first-order valence-corrected chi connectivity index (χ1v) is 13.8. The number of hydrogen-bond acceptors (Lipinski definition) is 4. The first kappa shape index (κ1) is 24.1. The van der Waals surface area contributed by atoms with Crippen LogP contribution in [0.25, 0.3) is 0 Å². The first-order chi connectivity index (χ1) is 18.1. The molecule has 3 aromatic rings. The minimum absolute atomic E-state index is 0.00301. The van der Waals surface area contributed by atoms with E-state index in [-0.39, 0.29) is 5.41 Å². The lowest BCUT2D eigenvalue weighted by molar-refractivity contribution is -0.00804. The van der Waals surface area contributed by atoms with Crippen molar-refractivity contribution in [1.29, 1.82) is 0 Å². The second-order valence-corrected chi connectivity index (χ2v) is 11.1. The van der Waals surface area contributed by atoms with Crippen molar-refractivity contribution in [3.63, 3.8) is 0 Å². The van der Waals surface area contributed by atoms with E-state index in [4.69, 9.17) is 9.72 Å². The number of nitrogens with zero attached hydrogens (tertiary/aromatic N) is 2. The topological polar surface area (TPSA) is 45.6 Å². The lowest BCUT2D eigenvalue weighted by Crippen LogP contribution is -2.50. The van der Waals surface area contributed by atoms with Crippen molar-refractivity contribution in [2.45, 2.75) is 69.3 Å². The van der Waals surface area contributed by atoms with Crippen LogP contribution in [0.2, 0.25) is 0 Å². The number of aliphatic hydroxyl groups is 1. The van der Waals surface area contributed by atoms with Crippen LogP contribution in [-0.2, 0) is 18.3 Å². The van der Waals surface area contributed by atoms with E-state index in [1.165, 1.54) is 29.5 Å². The summed E-state index contributed by atoms with van der Waals surface area (Å²) in [5.74, 6) is 9.01. The van der Waals surface area contributed by atoms with E-state index in [0.29, 0.717) is 18.2 Å². The minimum Gasteiger partial charge on any atom is -0.439 e. The fourth-order valence-corrected chi connectivity index (χ4v) is 7.07. The van der Waals surface area contributed by atoms with E-state index in [1.807, 2.05) is 19.1 Å². The molecule has 0 unspecified atom stereocenters. The van der Waals surface area contributed by atoms with Crippen molar-refractivity contribution in [2.24, 2.45) is 5.92 Å². The molecule has 0 bridgehead atoms. The number of ether oxygens (including phenoxy) is 1. The molecule has 6 rings (SSSR count). The first-order valence-electron chi connectivity index (χ1n) is 13.8. The summed E-state index contributed by atoms with van der Waals surface area (Å²) in [6.07, 6.45) is 7.88. The zero-order valence-electron chi connectivity index (χ0n) is 21.7. The smallest absolute Gasteiger partial charge is 0.221 e. The van der Waals surface area contributed by atoms with Gasteiger partial charge in [0, 0.05) is 24.6 Å². The van der Waals surface area contributed by atoms with Crippen molar-refractivity contribution in [3.05, 3.63) is 83.4 Å². The molecule has 1 aromatic heterocycles. The number of aryl methyl sites for hydroxylation is 1. The van der Waals surface area contributed by atoms with Crippen molar-refractivity contribution < 1.29 is 9.84 Å². The highest BCUT2D eigenvalue weighted by atomic mass is 16.5. The third-order valence-corrected chi connectivity index (χ3v) is 8.81. The number of aromatic nitrogens is 1. The summed E-state index contributed by atoms with van der Waals surface area (Å²) in [5.41, 5.74) is 3.28. The van der Waals surface area contributed by atoms with Gasteiger partial charge in [-0.2, -0.15) is 4.98 Å². The Labute approximate surface area is 220 Å². The number of pyridine rings is 1. The Morgan fingerprint density at radius 1 is 1.03 bits per heavy atom. The number of fused-ring (bicyclic) bond motifs is 3. The van der Waals surface area contributed by atoms with Gasteiger partial charge in [-0.25, -0.2) is 0 Å². The molecule has 0 amide bonds. The van der Waals surface area contributed by atoms with Crippen molar-refractivity contribution in [3.8, 4) is 23.5 Å². The van der Waals surface area contributed by atoms with E-state index in [2.05, 4.69) is 71.3 Å². The summed E-state index contributed by atoms with van der Waals surface area (Å²) in [7, 11) is 0. The summed E-state index contributed by atoms with van der Waals surface area (Å²) < 4.78 is 6.30. The quantitative estimate of drug-likeness (QED) is 0.416. The highest BCUT2D eigenvalue weighted by Gasteiger charge is 2.51. The van der Waals surface area contributed by atoms with Crippen LogP contribution in [0.15, 0.2) is 66.7 Å². The number of rotatable bonds is 5. The molecule has 4 nitrogen and oxygen atoms in total. The second kappa shape index (κ2) is 9.88. The molecule has 1 saturated heterocycles. The van der Waals surface area contributed by atoms with Crippen LogP contribution in [0, 0.1) is 17.8 Å². The summed E-state index contributed by atoms with van der Waals surface area (Å²) >= 11 is 0. The summed E-state index contributed by atoms with van der Waals surface area (Å²) in [6.45, 7) is 3.97. The van der Waals surface area contributed by atoms with Gasteiger partial charge in [0.25, 0.3) is 0 Å². The molecule has 37 heavy (non-hydrogen) atoms. The fraction of sp³-hybridized carbons (Fsp3) is 0.424. The predicted molar refractivity (Wildman–Crippen MR) is 148 cm³/mol. The molecule has 1 aliphatic heterocycles. The zero-order chi connectivity index (χ0) is 25.3. The molecule has 190 valence electrons. The van der Waals surface area contributed by atoms with E-state index in [1.54, 1.807) is 0 Å². The van der Waals surface area contributed by atoms with Crippen LogP contribution >= 0.6 is 0 Å². The molecule has 0 spiro atoms. The zero-order valence-corrected chi connectivity index (χ0v) is 21.7. The molecule has 3 aliphatic rings. The Bertz CT molecular complexity index is 1320. The Kier molecular flexibility index (Phi) is 6.42. The fourth-order valence-electron chi connectivity index (χ4n) is 7.07. The molecule has 4 heteroatoms. The van der Waals surface area contributed by atoms with E-state index in [9.17, 15) is 5.11 Å². The van der Waals surface area contributed by atoms with E-state index in [0.717, 1.165) is 56.8 Å². The highest BCUT2D eigenvalue weighted by Crippen LogP contribution is 2.54. The number of hydrogen-bond donors (Lipinski definition) is 1. The standard InChI is InChI=1S/C33H36N2O2/c1-2-17-32(36)18-19-33(23-25-9-4-3-5-10-25)27(24-32)14-13-26-22-28(15-16-29(26)33)37-31-12-8-11-30(34-31)35-20-6-7-21-35/h3-5,8-12,15-16,22,27,36H,6-7,13-14,18-21,23-24H2,1H3/t27-,32-,33+/m1/s1. The summed E-state index contributed by atoms with van der Waals surface area (Å²) in [4.78, 5) is 7.13. The van der Waals surface area contributed by atoms with Gasteiger partial charge in [0.15, 0.2) is 0 Å². The SMILES string of the molecule is CC#C[C@@]1(O)CC[C@@]2(Cc3ccccc3)c3ccc(Oc4cccc(N5CCCC5)n4)cc3CC[C@@H]2C1. The molecular formula is C33H36N2O2. The predicted octanol–water partition coefficient (Wildman–Crippen LogP) is 6.46. The third kappa shape index (κ3) is 4.74.